The third kappa shape index (κ3) is 3.48. The van der Waals surface area contributed by atoms with E-state index in [2.05, 4.69) is 5.32 Å². The lowest BCUT2D eigenvalue weighted by molar-refractivity contribution is -0.120. The van der Waals surface area contributed by atoms with Crippen molar-refractivity contribution in [3.8, 4) is 0 Å². The predicted molar refractivity (Wildman–Crippen MR) is 117 cm³/mol. The van der Waals surface area contributed by atoms with Gasteiger partial charge in [0, 0.05) is 10.7 Å². The van der Waals surface area contributed by atoms with E-state index in [0.29, 0.717) is 22.0 Å². The summed E-state index contributed by atoms with van der Waals surface area (Å²) in [5.74, 6) is -1.41. The molecular formula is C24H18ClFN2O2. The summed E-state index contributed by atoms with van der Waals surface area (Å²) in [5, 5.41) is 3.54. The zero-order valence-electron chi connectivity index (χ0n) is 16.4. The van der Waals surface area contributed by atoms with Crippen molar-refractivity contribution >= 4 is 40.4 Å². The number of carbonyl (C=O) groups is 2. The van der Waals surface area contributed by atoms with Crippen molar-refractivity contribution in [1.29, 1.82) is 0 Å². The summed E-state index contributed by atoms with van der Waals surface area (Å²) in [6.07, 6.45) is 0. The number of para-hydroxylation sites is 1. The number of rotatable bonds is 4. The smallest absolute Gasteiger partial charge is 0.282 e. The fourth-order valence-electron chi connectivity index (χ4n) is 3.42. The molecule has 150 valence electrons. The second-order valence-electron chi connectivity index (χ2n) is 7.07. The van der Waals surface area contributed by atoms with Gasteiger partial charge in [-0.3, -0.25) is 9.59 Å². The van der Waals surface area contributed by atoms with Gasteiger partial charge in [0.05, 0.1) is 11.3 Å². The molecule has 0 radical (unpaired) electrons. The van der Waals surface area contributed by atoms with Crippen molar-refractivity contribution in [3.63, 3.8) is 0 Å². The normalized spacial score (nSPS) is 13.9. The summed E-state index contributed by atoms with van der Waals surface area (Å²) in [6.45, 7) is 3.71. The quantitative estimate of drug-likeness (QED) is 0.567. The van der Waals surface area contributed by atoms with E-state index in [1.807, 2.05) is 31.2 Å². The number of anilines is 2. The van der Waals surface area contributed by atoms with Gasteiger partial charge in [0.15, 0.2) is 0 Å². The summed E-state index contributed by atoms with van der Waals surface area (Å²) in [5.41, 5.74) is 3.55. The molecule has 0 spiro atoms. The SMILES string of the molecule is Cc1ccccc1NC1=C(c2ccc(F)cc2)C(=O)N(c2cc(Cl)ccc2C)C1=O. The van der Waals surface area contributed by atoms with Crippen LogP contribution in [0.4, 0.5) is 15.8 Å². The lowest BCUT2D eigenvalue weighted by atomic mass is 10.0. The van der Waals surface area contributed by atoms with Crippen molar-refractivity contribution in [2.24, 2.45) is 0 Å². The van der Waals surface area contributed by atoms with Gasteiger partial charge in [0.25, 0.3) is 11.8 Å². The molecule has 0 atom stereocenters. The summed E-state index contributed by atoms with van der Waals surface area (Å²) in [4.78, 5) is 27.9. The van der Waals surface area contributed by atoms with Crippen molar-refractivity contribution in [2.75, 3.05) is 10.2 Å². The van der Waals surface area contributed by atoms with Crippen LogP contribution in [0.15, 0.2) is 72.4 Å². The molecule has 30 heavy (non-hydrogen) atoms. The standard InChI is InChI=1S/C24H18ClFN2O2/c1-14-5-3-4-6-19(14)27-22-21(16-8-11-18(26)12-9-16)23(29)28(24(22)30)20-13-17(25)10-7-15(20)2/h3-13,27H,1-2H3. The van der Waals surface area contributed by atoms with Crippen LogP contribution in [0, 0.1) is 19.7 Å². The van der Waals surface area contributed by atoms with Gasteiger partial charge in [-0.1, -0.05) is 48.0 Å². The van der Waals surface area contributed by atoms with Crippen LogP contribution >= 0.6 is 11.6 Å². The Morgan fingerprint density at radius 1 is 0.867 bits per heavy atom. The third-order valence-corrected chi connectivity index (χ3v) is 5.27. The number of amides is 2. The van der Waals surface area contributed by atoms with Crippen LogP contribution in [0.25, 0.3) is 5.57 Å². The van der Waals surface area contributed by atoms with E-state index < -0.39 is 17.6 Å². The first-order valence-electron chi connectivity index (χ1n) is 9.34. The largest absolute Gasteiger partial charge is 0.350 e. The number of benzene rings is 3. The first kappa shape index (κ1) is 19.9. The topological polar surface area (TPSA) is 49.4 Å². The lowest BCUT2D eigenvalue weighted by Gasteiger charge is -2.18. The van der Waals surface area contributed by atoms with Gasteiger partial charge in [-0.05, 0) is 60.9 Å². The minimum absolute atomic E-state index is 0.139. The lowest BCUT2D eigenvalue weighted by Crippen LogP contribution is -2.33. The molecule has 3 aromatic rings. The molecule has 0 saturated heterocycles. The summed E-state index contributed by atoms with van der Waals surface area (Å²) in [7, 11) is 0. The average Bonchev–Trinajstić information content (AvgIpc) is 2.96. The number of halogens is 2. The molecular weight excluding hydrogens is 403 g/mol. The van der Waals surface area contributed by atoms with Crippen LogP contribution in [-0.4, -0.2) is 11.8 Å². The molecule has 4 nitrogen and oxygen atoms in total. The Kier molecular flexibility index (Phi) is 5.14. The highest BCUT2D eigenvalue weighted by molar-refractivity contribution is 6.46. The van der Waals surface area contributed by atoms with E-state index >= 15 is 0 Å². The van der Waals surface area contributed by atoms with Gasteiger partial charge in [-0.2, -0.15) is 0 Å². The molecule has 0 saturated carbocycles. The molecule has 4 rings (SSSR count). The number of imide groups is 1. The van der Waals surface area contributed by atoms with Gasteiger partial charge in [0.2, 0.25) is 0 Å². The van der Waals surface area contributed by atoms with Crippen LogP contribution in [0.1, 0.15) is 16.7 Å². The van der Waals surface area contributed by atoms with E-state index in [1.54, 1.807) is 25.1 Å². The molecule has 3 aromatic carbocycles. The Labute approximate surface area is 178 Å². The maximum Gasteiger partial charge on any atom is 0.282 e. The van der Waals surface area contributed by atoms with Gasteiger partial charge in [-0.25, -0.2) is 9.29 Å². The number of hydrogen-bond donors (Lipinski definition) is 1. The van der Waals surface area contributed by atoms with E-state index in [4.69, 9.17) is 11.6 Å². The van der Waals surface area contributed by atoms with Crippen LogP contribution in [-0.2, 0) is 9.59 Å². The van der Waals surface area contributed by atoms with Crippen LogP contribution in [0.3, 0.4) is 0 Å². The van der Waals surface area contributed by atoms with Gasteiger partial charge < -0.3 is 5.32 Å². The molecule has 1 N–H and O–H groups in total. The zero-order valence-corrected chi connectivity index (χ0v) is 17.1. The van der Waals surface area contributed by atoms with Crippen molar-refractivity contribution in [3.05, 3.63) is 100.0 Å². The minimum atomic E-state index is -0.493. The van der Waals surface area contributed by atoms with Crippen molar-refractivity contribution in [1.82, 2.24) is 0 Å². The second kappa shape index (κ2) is 7.76. The highest BCUT2D eigenvalue weighted by Crippen LogP contribution is 2.36. The number of nitrogens with zero attached hydrogens (tertiary/aromatic N) is 1. The first-order chi connectivity index (χ1) is 14.4. The summed E-state index contributed by atoms with van der Waals surface area (Å²) < 4.78 is 13.5. The third-order valence-electron chi connectivity index (χ3n) is 5.03. The van der Waals surface area contributed by atoms with Crippen molar-refractivity contribution in [2.45, 2.75) is 13.8 Å². The Balaban J connectivity index is 1.87. The van der Waals surface area contributed by atoms with Crippen LogP contribution < -0.4 is 10.2 Å². The van der Waals surface area contributed by atoms with Crippen molar-refractivity contribution < 1.29 is 14.0 Å². The molecule has 0 bridgehead atoms. The van der Waals surface area contributed by atoms with E-state index in [-0.39, 0.29) is 11.3 Å². The van der Waals surface area contributed by atoms with Gasteiger partial charge in [-0.15, -0.1) is 0 Å². The van der Waals surface area contributed by atoms with Crippen LogP contribution in [0.2, 0.25) is 5.02 Å². The second-order valence-corrected chi connectivity index (χ2v) is 7.51. The van der Waals surface area contributed by atoms with Gasteiger partial charge >= 0.3 is 0 Å². The van der Waals surface area contributed by atoms with E-state index in [9.17, 15) is 14.0 Å². The molecule has 0 aliphatic carbocycles. The highest BCUT2D eigenvalue weighted by atomic mass is 35.5. The highest BCUT2D eigenvalue weighted by Gasteiger charge is 2.41. The number of nitrogens with one attached hydrogen (secondary N) is 1. The number of hydrogen-bond acceptors (Lipinski definition) is 3. The summed E-state index contributed by atoms with van der Waals surface area (Å²) in [6, 6.07) is 18.0. The number of carbonyl (C=O) groups excluding carboxylic acids is 2. The van der Waals surface area contributed by atoms with E-state index in [1.165, 1.54) is 24.3 Å². The van der Waals surface area contributed by atoms with Gasteiger partial charge in [0.1, 0.15) is 11.5 Å². The molecule has 2 amide bonds. The maximum absolute atomic E-state index is 13.5. The number of aryl methyl sites for hydroxylation is 2. The Hall–Kier alpha value is -3.44. The minimum Gasteiger partial charge on any atom is -0.350 e. The predicted octanol–water partition coefficient (Wildman–Crippen LogP) is 5.49. The summed E-state index contributed by atoms with van der Waals surface area (Å²) >= 11 is 6.13. The molecule has 6 heteroatoms. The molecule has 1 heterocycles. The van der Waals surface area contributed by atoms with E-state index in [0.717, 1.165) is 16.0 Å². The fraction of sp³-hybridized carbons (Fsp3) is 0.0833. The maximum atomic E-state index is 13.5. The van der Waals surface area contributed by atoms with Crippen LogP contribution in [0.5, 0.6) is 0 Å². The fourth-order valence-corrected chi connectivity index (χ4v) is 3.59. The monoisotopic (exact) mass is 420 g/mol. The molecule has 0 unspecified atom stereocenters. The molecule has 0 fully saturated rings. The zero-order chi connectivity index (χ0) is 21.4. The molecule has 0 aromatic heterocycles. The molecule has 1 aliphatic heterocycles. The average molecular weight is 421 g/mol. The Morgan fingerprint density at radius 2 is 1.57 bits per heavy atom. The Morgan fingerprint density at radius 3 is 2.27 bits per heavy atom. The molecule has 1 aliphatic rings. The Bertz CT molecular complexity index is 1200. The first-order valence-corrected chi connectivity index (χ1v) is 9.72.